The van der Waals surface area contributed by atoms with Gasteiger partial charge in [-0.2, -0.15) is 5.26 Å². The Bertz CT molecular complexity index is 649. The summed E-state index contributed by atoms with van der Waals surface area (Å²) in [7, 11) is 0. The van der Waals surface area contributed by atoms with Crippen LogP contribution in [0.3, 0.4) is 0 Å². The third kappa shape index (κ3) is 3.83. The van der Waals surface area contributed by atoms with Crippen molar-refractivity contribution in [3.05, 3.63) is 46.8 Å². The second kappa shape index (κ2) is 6.57. The monoisotopic (exact) mass is 285 g/mol. The number of nitrogens with zero attached hydrogens (tertiary/aromatic N) is 2. The molecule has 0 radical (unpaired) electrons. The Morgan fingerprint density at radius 1 is 1.38 bits per heavy atom. The number of nitriles is 1. The highest BCUT2D eigenvalue weighted by atomic mass is 16.5. The highest BCUT2D eigenvalue weighted by Gasteiger charge is 2.10. The van der Waals surface area contributed by atoms with E-state index in [1.54, 1.807) is 31.2 Å². The number of hydrogen-bond donors (Lipinski definition) is 1. The Labute approximate surface area is 122 Å². The second-order valence-corrected chi connectivity index (χ2v) is 4.50. The van der Waals surface area contributed by atoms with E-state index >= 15 is 0 Å². The third-order valence-corrected chi connectivity index (χ3v) is 3.00. The molecule has 0 fully saturated rings. The molecule has 0 saturated heterocycles. The molecule has 21 heavy (non-hydrogen) atoms. The summed E-state index contributed by atoms with van der Waals surface area (Å²) in [5.74, 6) is 1.00. The van der Waals surface area contributed by atoms with Crippen molar-refractivity contribution < 1.29 is 14.1 Å². The molecule has 0 aliphatic carbocycles. The van der Waals surface area contributed by atoms with E-state index in [1.807, 2.05) is 13.0 Å². The smallest absolute Gasteiger partial charge is 0.258 e. The summed E-state index contributed by atoms with van der Waals surface area (Å²) in [6, 6.07) is 8.59. The van der Waals surface area contributed by atoms with Gasteiger partial charge in [-0.1, -0.05) is 5.16 Å². The van der Waals surface area contributed by atoms with Gasteiger partial charge >= 0.3 is 0 Å². The van der Waals surface area contributed by atoms with Gasteiger partial charge in [0.25, 0.3) is 5.91 Å². The molecule has 0 unspecified atom stereocenters. The van der Waals surface area contributed by atoms with E-state index in [0.29, 0.717) is 23.6 Å². The molecule has 1 N–H and O–H groups in total. The molecular formula is C15H15N3O3. The van der Waals surface area contributed by atoms with Gasteiger partial charge in [0.1, 0.15) is 11.5 Å². The predicted molar refractivity (Wildman–Crippen MR) is 74.5 cm³/mol. The summed E-state index contributed by atoms with van der Waals surface area (Å²) in [5, 5.41) is 15.2. The summed E-state index contributed by atoms with van der Waals surface area (Å²) in [6.45, 7) is 3.89. The molecule has 108 valence electrons. The van der Waals surface area contributed by atoms with Gasteiger partial charge in [-0.05, 0) is 38.1 Å². The van der Waals surface area contributed by atoms with E-state index in [1.165, 1.54) is 0 Å². The molecule has 0 aliphatic rings. The number of carbonyl (C=O) groups is 1. The van der Waals surface area contributed by atoms with Gasteiger partial charge in [0.05, 0.1) is 17.3 Å². The topological polar surface area (TPSA) is 88.2 Å². The van der Waals surface area contributed by atoms with Crippen molar-refractivity contribution in [2.24, 2.45) is 0 Å². The van der Waals surface area contributed by atoms with Crippen molar-refractivity contribution in [2.45, 2.75) is 20.4 Å². The van der Waals surface area contributed by atoms with Crippen LogP contribution in [0.5, 0.6) is 5.75 Å². The lowest BCUT2D eigenvalue weighted by molar-refractivity contribution is -0.123. The van der Waals surface area contributed by atoms with Gasteiger partial charge in [0.15, 0.2) is 6.61 Å². The van der Waals surface area contributed by atoms with Crippen LogP contribution in [-0.4, -0.2) is 17.7 Å². The molecule has 0 atom stereocenters. The van der Waals surface area contributed by atoms with Crippen molar-refractivity contribution in [2.75, 3.05) is 6.61 Å². The molecule has 2 aromatic rings. The zero-order valence-electron chi connectivity index (χ0n) is 11.8. The normalized spacial score (nSPS) is 9.95. The highest BCUT2D eigenvalue weighted by molar-refractivity contribution is 5.77. The second-order valence-electron chi connectivity index (χ2n) is 4.50. The van der Waals surface area contributed by atoms with Crippen LogP contribution in [0.25, 0.3) is 0 Å². The van der Waals surface area contributed by atoms with Crippen LogP contribution in [-0.2, 0) is 11.3 Å². The van der Waals surface area contributed by atoms with Gasteiger partial charge in [0.2, 0.25) is 0 Å². The molecule has 0 saturated carbocycles. The van der Waals surface area contributed by atoms with E-state index in [2.05, 4.69) is 10.5 Å². The SMILES string of the molecule is Cc1noc(C)c1CNC(=O)COc1ccc(C#N)cc1. The van der Waals surface area contributed by atoms with E-state index in [4.69, 9.17) is 14.5 Å². The number of nitrogens with one attached hydrogen (secondary N) is 1. The Morgan fingerprint density at radius 2 is 2.10 bits per heavy atom. The molecule has 6 heteroatoms. The summed E-state index contributed by atoms with van der Waals surface area (Å²) in [5.41, 5.74) is 2.19. The number of aromatic nitrogens is 1. The minimum atomic E-state index is -0.237. The fourth-order valence-corrected chi connectivity index (χ4v) is 1.77. The van der Waals surface area contributed by atoms with Crippen LogP contribution in [0, 0.1) is 25.2 Å². The van der Waals surface area contributed by atoms with Crippen LogP contribution >= 0.6 is 0 Å². The number of hydrogen-bond acceptors (Lipinski definition) is 5. The summed E-state index contributed by atoms with van der Waals surface area (Å²) in [4.78, 5) is 11.7. The minimum absolute atomic E-state index is 0.0880. The molecule has 1 aromatic carbocycles. The van der Waals surface area contributed by atoms with Crippen molar-refractivity contribution in [1.82, 2.24) is 10.5 Å². The number of carbonyl (C=O) groups excluding carboxylic acids is 1. The van der Waals surface area contributed by atoms with Gasteiger partial charge in [-0.15, -0.1) is 0 Å². The molecule has 0 aliphatic heterocycles. The lowest BCUT2D eigenvalue weighted by Gasteiger charge is -2.07. The molecule has 6 nitrogen and oxygen atoms in total. The Morgan fingerprint density at radius 3 is 2.67 bits per heavy atom. The average molecular weight is 285 g/mol. The maximum Gasteiger partial charge on any atom is 0.258 e. The highest BCUT2D eigenvalue weighted by Crippen LogP contribution is 2.12. The third-order valence-electron chi connectivity index (χ3n) is 3.00. The maximum atomic E-state index is 11.7. The maximum absolute atomic E-state index is 11.7. The largest absolute Gasteiger partial charge is 0.484 e. The molecule has 1 aromatic heterocycles. The van der Waals surface area contributed by atoms with Crippen molar-refractivity contribution in [3.63, 3.8) is 0 Å². The first kappa shape index (κ1) is 14.6. The molecule has 2 rings (SSSR count). The number of aryl methyl sites for hydroxylation is 2. The van der Waals surface area contributed by atoms with Crippen LogP contribution in [0.2, 0.25) is 0 Å². The zero-order chi connectivity index (χ0) is 15.2. The van der Waals surface area contributed by atoms with Gasteiger partial charge in [0, 0.05) is 12.1 Å². The van der Waals surface area contributed by atoms with Crippen molar-refractivity contribution >= 4 is 5.91 Å². The number of rotatable bonds is 5. The van der Waals surface area contributed by atoms with E-state index < -0.39 is 0 Å². The van der Waals surface area contributed by atoms with E-state index in [9.17, 15) is 4.79 Å². The average Bonchev–Trinajstić information content (AvgIpc) is 2.82. The van der Waals surface area contributed by atoms with Gasteiger partial charge in [-0.3, -0.25) is 4.79 Å². The Balaban J connectivity index is 1.81. The predicted octanol–water partition coefficient (Wildman–Crippen LogP) is 1.86. The summed E-state index contributed by atoms with van der Waals surface area (Å²) < 4.78 is 10.4. The van der Waals surface area contributed by atoms with Crippen molar-refractivity contribution in [3.8, 4) is 11.8 Å². The number of amides is 1. The standard InChI is InChI=1S/C15H15N3O3/c1-10-14(11(2)21-18-10)8-17-15(19)9-20-13-5-3-12(7-16)4-6-13/h3-6H,8-9H2,1-2H3,(H,17,19). The fraction of sp³-hybridized carbons (Fsp3) is 0.267. The van der Waals surface area contributed by atoms with Gasteiger partial charge < -0.3 is 14.6 Å². The molecule has 1 heterocycles. The Kier molecular flexibility index (Phi) is 4.57. The first-order valence-electron chi connectivity index (χ1n) is 6.41. The lowest BCUT2D eigenvalue weighted by Crippen LogP contribution is -2.28. The number of benzene rings is 1. The fourth-order valence-electron chi connectivity index (χ4n) is 1.77. The molecule has 0 spiro atoms. The molecule has 0 bridgehead atoms. The first-order chi connectivity index (χ1) is 10.1. The van der Waals surface area contributed by atoms with Gasteiger partial charge in [-0.25, -0.2) is 0 Å². The first-order valence-corrected chi connectivity index (χ1v) is 6.41. The molecular weight excluding hydrogens is 270 g/mol. The van der Waals surface area contributed by atoms with Crippen LogP contribution < -0.4 is 10.1 Å². The quantitative estimate of drug-likeness (QED) is 0.905. The van der Waals surface area contributed by atoms with E-state index in [0.717, 1.165) is 11.3 Å². The Hall–Kier alpha value is -2.81. The minimum Gasteiger partial charge on any atom is -0.484 e. The zero-order valence-corrected chi connectivity index (χ0v) is 11.8. The van der Waals surface area contributed by atoms with Crippen LogP contribution in [0.1, 0.15) is 22.6 Å². The van der Waals surface area contributed by atoms with Crippen LogP contribution in [0.15, 0.2) is 28.8 Å². The molecule has 1 amide bonds. The van der Waals surface area contributed by atoms with E-state index in [-0.39, 0.29) is 12.5 Å². The summed E-state index contributed by atoms with van der Waals surface area (Å²) in [6.07, 6.45) is 0. The van der Waals surface area contributed by atoms with Crippen LogP contribution in [0.4, 0.5) is 0 Å². The lowest BCUT2D eigenvalue weighted by atomic mass is 10.2. The van der Waals surface area contributed by atoms with Crippen molar-refractivity contribution in [1.29, 1.82) is 5.26 Å². The summed E-state index contributed by atoms with van der Waals surface area (Å²) >= 11 is 0. The number of ether oxygens (including phenoxy) is 1.